The number of aliphatic hydroxyl groups is 6. The molecule has 0 spiro atoms. The molecule has 2 aliphatic heterocycles. The van der Waals surface area contributed by atoms with Gasteiger partial charge in [0.25, 0.3) is 5.69 Å². The Bertz CT molecular complexity index is 2160. The van der Waals surface area contributed by atoms with E-state index >= 15 is 0 Å². The van der Waals surface area contributed by atoms with Crippen molar-refractivity contribution in [2.24, 2.45) is 5.92 Å². The lowest BCUT2D eigenvalue weighted by Gasteiger charge is -2.52. The second-order valence-electron chi connectivity index (χ2n) is 22.3. The first-order valence-corrected chi connectivity index (χ1v) is 25.0. The molecule has 27 nitrogen and oxygen atoms in total. The number of benzene rings is 1. The van der Waals surface area contributed by atoms with E-state index in [9.17, 15) is 64.7 Å². The first kappa shape index (κ1) is 62.9. The molecular weight excluding hydrogens is 1010 g/mol. The molecule has 2 fully saturated rings. The number of nitro groups is 1. The van der Waals surface area contributed by atoms with Crippen LogP contribution >= 0.6 is 0 Å². The van der Waals surface area contributed by atoms with Gasteiger partial charge in [0.1, 0.15) is 59.2 Å². The zero-order valence-corrected chi connectivity index (χ0v) is 45.0. The molecule has 13 atom stereocenters. The van der Waals surface area contributed by atoms with Gasteiger partial charge in [-0.05, 0) is 112 Å². The second kappa shape index (κ2) is 26.6. The van der Waals surface area contributed by atoms with E-state index < -0.39 is 144 Å². The number of non-ortho nitro benzene ring substituents is 1. The summed E-state index contributed by atoms with van der Waals surface area (Å²) in [5, 5.41) is 92.4. The van der Waals surface area contributed by atoms with E-state index in [0.717, 1.165) is 4.90 Å². The van der Waals surface area contributed by atoms with E-state index in [0.29, 0.717) is 5.56 Å². The van der Waals surface area contributed by atoms with Crippen molar-refractivity contribution in [1.29, 1.82) is 0 Å². The van der Waals surface area contributed by atoms with E-state index in [-0.39, 0.29) is 57.0 Å². The summed E-state index contributed by atoms with van der Waals surface area (Å²) in [5.41, 5.74) is -4.46. The Labute approximate surface area is 441 Å². The molecule has 0 aromatic heterocycles. The number of alkyl carbamates (subject to hydrolysis) is 3. The average molecular weight is 1090 g/mol. The number of nitrogens with zero attached hydrogens (tertiary/aromatic N) is 2. The summed E-state index contributed by atoms with van der Waals surface area (Å²) in [6, 6.07) is 0.469. The lowest BCUT2D eigenvalue weighted by molar-refractivity contribution is -0.384. The summed E-state index contributed by atoms with van der Waals surface area (Å²) >= 11 is 0. The van der Waals surface area contributed by atoms with Gasteiger partial charge < -0.3 is 95.3 Å². The van der Waals surface area contributed by atoms with Crippen LogP contribution in [0.4, 0.5) is 24.9 Å². The van der Waals surface area contributed by atoms with Crippen LogP contribution in [0.15, 0.2) is 36.1 Å². The molecule has 1 aromatic rings. The fourth-order valence-corrected chi connectivity index (χ4v) is 8.75. The molecule has 1 aromatic carbocycles. The van der Waals surface area contributed by atoms with Crippen LogP contribution in [-0.2, 0) is 44.6 Å². The molecular formula is C49H79N7O20. The van der Waals surface area contributed by atoms with Gasteiger partial charge in [-0.25, -0.2) is 19.2 Å². The number of aliphatic hydroxyl groups excluding tert-OH is 5. The highest BCUT2D eigenvalue weighted by atomic mass is 16.7. The molecule has 1 saturated carbocycles. The minimum atomic E-state index is -1.91. The molecule has 430 valence electrons. The molecule has 1 aliphatic carbocycles. The van der Waals surface area contributed by atoms with Gasteiger partial charge in [-0.1, -0.05) is 0 Å². The molecule has 11 N–H and O–H groups in total. The molecule has 4 rings (SSSR count). The van der Waals surface area contributed by atoms with Gasteiger partial charge in [0, 0.05) is 50.3 Å². The minimum absolute atomic E-state index is 0.0907. The lowest BCUT2D eigenvalue weighted by Crippen LogP contribution is -2.71. The monoisotopic (exact) mass is 1090 g/mol. The third-order valence-corrected chi connectivity index (χ3v) is 12.1. The number of hydrogen-bond donors (Lipinski definition) is 11. The Morgan fingerprint density at radius 2 is 1.49 bits per heavy atom. The maximum atomic E-state index is 13.9. The first-order valence-electron chi connectivity index (χ1n) is 25.0. The van der Waals surface area contributed by atoms with Crippen LogP contribution < -0.4 is 26.6 Å². The molecule has 3 aliphatic rings. The highest BCUT2D eigenvalue weighted by molar-refractivity contribution is 5.81. The van der Waals surface area contributed by atoms with Gasteiger partial charge in [0.15, 0.2) is 6.29 Å². The number of amides is 5. The zero-order chi connectivity index (χ0) is 57.1. The number of rotatable bonds is 19. The summed E-state index contributed by atoms with van der Waals surface area (Å²) in [4.78, 5) is 77.8. The summed E-state index contributed by atoms with van der Waals surface area (Å²) in [5.74, 6) is -2.18. The number of carbonyl (C=O) groups excluding carboxylic acids is 5. The van der Waals surface area contributed by atoms with Crippen LogP contribution in [0.3, 0.4) is 0 Å². The maximum absolute atomic E-state index is 13.9. The SMILES string of the molecule is CN(C(=O)OC(C)(C)C)[C@@H]1[C@@H](O)[C@@H](O[C@H]2[C@H](NC(=O)[C@@H](O)CCNC(=O)OC(C)(C)C)C[C@H](NC(=O)OC(C)(C)C)C([C@H]3OC(CNC(=O)OCc4ccc([N+](=O)[O-])cc4)=CC[C@H]3NCC(O)CO)[C@@H]2O)OC[C@]1(C)O. The molecule has 2 unspecified atom stereocenters. The van der Waals surface area contributed by atoms with Gasteiger partial charge >= 0.3 is 24.4 Å². The summed E-state index contributed by atoms with van der Waals surface area (Å²) < 4.78 is 40.6. The van der Waals surface area contributed by atoms with Crippen molar-refractivity contribution in [3.05, 3.63) is 51.8 Å². The third-order valence-electron chi connectivity index (χ3n) is 12.1. The second-order valence-corrected chi connectivity index (χ2v) is 22.3. The quantitative estimate of drug-likeness (QED) is 0.0521. The van der Waals surface area contributed by atoms with E-state index in [2.05, 4.69) is 26.6 Å². The number of likely N-dealkylation sites (N-methyl/N-ethyl adjacent to an activating group) is 1. The largest absolute Gasteiger partial charge is 0.491 e. The fraction of sp³-hybridized carbons (Fsp3) is 0.735. The Hall–Kier alpha value is -5.65. The molecule has 2 heterocycles. The average Bonchev–Trinajstić information content (AvgIpc) is 3.29. The van der Waals surface area contributed by atoms with Crippen molar-refractivity contribution in [1.82, 2.24) is 31.5 Å². The van der Waals surface area contributed by atoms with Crippen LogP contribution in [0.2, 0.25) is 0 Å². The number of carbonyl (C=O) groups is 5. The van der Waals surface area contributed by atoms with Gasteiger partial charge in [0.05, 0.1) is 49.0 Å². The highest BCUT2D eigenvalue weighted by Gasteiger charge is 2.56. The molecule has 0 radical (unpaired) electrons. The third kappa shape index (κ3) is 19.1. The van der Waals surface area contributed by atoms with Crippen LogP contribution in [0.1, 0.15) is 94.1 Å². The summed E-state index contributed by atoms with van der Waals surface area (Å²) in [7, 11) is 1.29. The smallest absolute Gasteiger partial charge is 0.410 e. The molecule has 5 amide bonds. The van der Waals surface area contributed by atoms with Gasteiger partial charge in [0.2, 0.25) is 5.91 Å². The zero-order valence-electron chi connectivity index (χ0n) is 45.0. The Morgan fingerprint density at radius 3 is 2.08 bits per heavy atom. The molecule has 1 saturated heterocycles. The van der Waals surface area contributed by atoms with Gasteiger partial charge in [-0.15, -0.1) is 0 Å². The van der Waals surface area contributed by atoms with Gasteiger partial charge in [-0.3, -0.25) is 14.9 Å². The van der Waals surface area contributed by atoms with Crippen LogP contribution in [0, 0.1) is 16.0 Å². The Balaban J connectivity index is 1.74. The van der Waals surface area contributed by atoms with Crippen LogP contribution in [0.5, 0.6) is 0 Å². The first-order chi connectivity index (χ1) is 35.2. The van der Waals surface area contributed by atoms with Gasteiger partial charge in [-0.2, -0.15) is 0 Å². The Kier molecular flexibility index (Phi) is 22.0. The molecule has 0 bridgehead atoms. The van der Waals surface area contributed by atoms with E-state index in [1.165, 1.54) is 38.2 Å². The topological polar surface area (TPSA) is 378 Å². The van der Waals surface area contributed by atoms with E-state index in [4.69, 9.17) is 33.2 Å². The number of nitrogens with one attached hydrogen (secondary N) is 5. The maximum Gasteiger partial charge on any atom is 0.410 e. The highest BCUT2D eigenvalue weighted by Crippen LogP contribution is 2.39. The van der Waals surface area contributed by atoms with Crippen molar-refractivity contribution >= 4 is 36.0 Å². The van der Waals surface area contributed by atoms with Crippen molar-refractivity contribution in [2.75, 3.05) is 39.9 Å². The molecule has 76 heavy (non-hydrogen) atoms. The number of ether oxygens (including phenoxy) is 7. The van der Waals surface area contributed by atoms with Crippen LogP contribution in [0.25, 0.3) is 0 Å². The van der Waals surface area contributed by atoms with Crippen LogP contribution in [-0.4, -0.2) is 200 Å². The normalized spacial score (nSPS) is 27.7. The van der Waals surface area contributed by atoms with Crippen molar-refractivity contribution in [2.45, 2.75) is 185 Å². The van der Waals surface area contributed by atoms with E-state index in [1.807, 2.05) is 0 Å². The number of hydrogen-bond acceptors (Lipinski definition) is 21. The van der Waals surface area contributed by atoms with Crippen molar-refractivity contribution < 1.29 is 92.7 Å². The van der Waals surface area contributed by atoms with Crippen molar-refractivity contribution in [3.63, 3.8) is 0 Å². The minimum Gasteiger partial charge on any atom is -0.491 e. The predicted molar refractivity (Wildman–Crippen MR) is 267 cm³/mol. The summed E-state index contributed by atoms with van der Waals surface area (Å²) in [6.45, 7) is 13.9. The Morgan fingerprint density at radius 1 is 0.868 bits per heavy atom. The standard InChI is InChI=1S/C49H79N7O20/c1-46(2,3)74-43(64)50-19-18-33(59)40(62)53-32-20-31(54-44(65)75-47(4,5)6)34(35(60)38(32)73-41-36(61)39(49(10,67)25-71-41)55(11)45(66)76-48(7,8)9)37-30(51-21-28(58)23-57)17-16-29(72-37)22-52-42(63)70-24-26-12-14-27(15-13-26)56(68)69/h12-16,28,30-39,41,51,57-61,67H,17-25H2,1-11H3,(H,50,64)(H,52,63)(H,53,62)(H,54,65)/t28?,30-,31+,32-,33+,34?,35+,36-,37+,38+,39-,41-,49+/m1/s1. The van der Waals surface area contributed by atoms with Crippen molar-refractivity contribution in [3.8, 4) is 0 Å². The fourth-order valence-electron chi connectivity index (χ4n) is 8.75. The predicted octanol–water partition coefficient (Wildman–Crippen LogP) is 0.929. The number of nitro benzene ring substituents is 1. The lowest BCUT2D eigenvalue weighted by atomic mass is 9.72. The van der Waals surface area contributed by atoms with E-state index in [1.54, 1.807) is 68.4 Å². The summed E-state index contributed by atoms with van der Waals surface area (Å²) in [6.07, 6.45) is -13.9. The molecule has 27 heteroatoms.